The van der Waals surface area contributed by atoms with Crippen LogP contribution in [0.4, 0.5) is 0 Å². The molecule has 1 aliphatic heterocycles. The normalized spacial score (nSPS) is 16.6. The van der Waals surface area contributed by atoms with E-state index in [9.17, 15) is 4.79 Å². The minimum atomic E-state index is 0.0760. The molecule has 0 saturated carbocycles. The molecule has 4 nitrogen and oxygen atoms in total. The van der Waals surface area contributed by atoms with Crippen LogP contribution in [-0.4, -0.2) is 39.2 Å². The van der Waals surface area contributed by atoms with Crippen LogP contribution < -0.4 is 9.64 Å². The van der Waals surface area contributed by atoms with Crippen LogP contribution >= 0.6 is 0 Å². The van der Waals surface area contributed by atoms with Crippen LogP contribution in [0.15, 0.2) is 18.2 Å². The zero-order valence-electron chi connectivity index (χ0n) is 11.0. The first-order valence-corrected chi connectivity index (χ1v) is 6.29. The topological polar surface area (TPSA) is 40.0 Å². The van der Waals surface area contributed by atoms with Crippen LogP contribution in [0.5, 0.6) is 5.75 Å². The van der Waals surface area contributed by atoms with Gasteiger partial charge in [-0.15, -0.1) is 0 Å². The van der Waals surface area contributed by atoms with Crippen molar-refractivity contribution in [2.75, 3.05) is 33.4 Å². The first-order chi connectivity index (χ1) is 8.69. The summed E-state index contributed by atoms with van der Waals surface area (Å²) in [5.41, 5.74) is 1.87. The van der Waals surface area contributed by atoms with E-state index in [1.165, 1.54) is 4.90 Å². The molecule has 1 saturated heterocycles. The Morgan fingerprint density at radius 1 is 1.33 bits per heavy atom. The van der Waals surface area contributed by atoms with Crippen molar-refractivity contribution in [2.45, 2.75) is 13.5 Å². The maximum Gasteiger partial charge on any atom is 0.159 e. The van der Waals surface area contributed by atoms with Crippen molar-refractivity contribution in [3.63, 3.8) is 0 Å². The van der Waals surface area contributed by atoms with Gasteiger partial charge in [-0.25, -0.2) is 0 Å². The zero-order valence-corrected chi connectivity index (χ0v) is 11.0. The molecule has 1 N–H and O–H groups in total. The van der Waals surface area contributed by atoms with Gasteiger partial charge in [0.25, 0.3) is 0 Å². The molecule has 1 aliphatic rings. The number of hydrogen-bond acceptors (Lipinski definition) is 3. The lowest BCUT2D eigenvalue weighted by molar-refractivity contribution is -0.921. The second-order valence-corrected chi connectivity index (χ2v) is 4.67. The van der Waals surface area contributed by atoms with Crippen LogP contribution in [0.3, 0.4) is 0 Å². The van der Waals surface area contributed by atoms with Crippen LogP contribution in [0, 0.1) is 0 Å². The number of ketones is 1. The Balaban J connectivity index is 2.15. The molecule has 0 unspecified atom stereocenters. The van der Waals surface area contributed by atoms with E-state index in [0.29, 0.717) is 0 Å². The second kappa shape index (κ2) is 5.98. The Bertz CT molecular complexity index is 425. The third-order valence-corrected chi connectivity index (χ3v) is 3.26. The fraction of sp³-hybridized carbons (Fsp3) is 0.500. The number of rotatable bonds is 4. The molecule has 0 amide bonds. The van der Waals surface area contributed by atoms with Gasteiger partial charge in [-0.05, 0) is 25.1 Å². The monoisotopic (exact) mass is 250 g/mol. The van der Waals surface area contributed by atoms with Gasteiger partial charge in [0.15, 0.2) is 5.78 Å². The molecule has 4 heteroatoms. The van der Waals surface area contributed by atoms with Gasteiger partial charge in [-0.2, -0.15) is 0 Å². The van der Waals surface area contributed by atoms with E-state index in [-0.39, 0.29) is 5.78 Å². The third kappa shape index (κ3) is 3.31. The van der Waals surface area contributed by atoms with Gasteiger partial charge in [0, 0.05) is 11.1 Å². The molecular formula is C14H20NO3+. The third-order valence-electron chi connectivity index (χ3n) is 3.26. The molecule has 98 valence electrons. The van der Waals surface area contributed by atoms with Crippen LogP contribution in [0.2, 0.25) is 0 Å². The number of hydrogen-bond donors (Lipinski definition) is 1. The Morgan fingerprint density at radius 2 is 2.06 bits per heavy atom. The summed E-state index contributed by atoms with van der Waals surface area (Å²) in [6.45, 7) is 6.18. The average Bonchev–Trinajstić information content (AvgIpc) is 2.39. The Morgan fingerprint density at radius 3 is 2.67 bits per heavy atom. The quantitative estimate of drug-likeness (QED) is 0.782. The number of quaternary nitrogens is 1. The standard InChI is InChI=1S/C14H19NO3/c1-11(16)13-7-12(8-14(9-13)17-2)10-15-3-5-18-6-4-15/h7-9H,3-6,10H2,1-2H3/p+1. The summed E-state index contributed by atoms with van der Waals surface area (Å²) < 4.78 is 10.6. The van der Waals surface area contributed by atoms with Gasteiger partial charge in [-0.3, -0.25) is 4.79 Å². The van der Waals surface area contributed by atoms with Crippen molar-refractivity contribution < 1.29 is 19.2 Å². The van der Waals surface area contributed by atoms with Gasteiger partial charge >= 0.3 is 0 Å². The molecule has 1 aromatic rings. The van der Waals surface area contributed by atoms with E-state index in [4.69, 9.17) is 9.47 Å². The maximum atomic E-state index is 11.5. The highest BCUT2D eigenvalue weighted by atomic mass is 16.5. The minimum Gasteiger partial charge on any atom is -0.497 e. The molecule has 1 heterocycles. The number of morpholine rings is 1. The Kier molecular flexibility index (Phi) is 4.33. The summed E-state index contributed by atoms with van der Waals surface area (Å²) in [4.78, 5) is 13.0. The smallest absolute Gasteiger partial charge is 0.159 e. The van der Waals surface area contributed by atoms with Crippen LogP contribution in [0.25, 0.3) is 0 Å². The zero-order chi connectivity index (χ0) is 13.0. The van der Waals surface area contributed by atoms with Crippen molar-refractivity contribution >= 4 is 5.78 Å². The molecular weight excluding hydrogens is 230 g/mol. The summed E-state index contributed by atoms with van der Waals surface area (Å²) in [5.74, 6) is 0.831. The molecule has 0 aliphatic carbocycles. The highest BCUT2D eigenvalue weighted by Crippen LogP contribution is 2.17. The number of carbonyl (C=O) groups is 1. The predicted octanol–water partition coefficient (Wildman–Crippen LogP) is 0.313. The summed E-state index contributed by atoms with van der Waals surface area (Å²) in [5, 5.41) is 0. The van der Waals surface area contributed by atoms with Crippen LogP contribution in [0.1, 0.15) is 22.8 Å². The van der Waals surface area contributed by atoms with Crippen molar-refractivity contribution in [2.24, 2.45) is 0 Å². The fourth-order valence-corrected chi connectivity index (χ4v) is 2.21. The van der Waals surface area contributed by atoms with Gasteiger partial charge in [0.05, 0.1) is 20.3 Å². The number of nitrogens with one attached hydrogen (secondary N) is 1. The second-order valence-electron chi connectivity index (χ2n) is 4.67. The van der Waals surface area contributed by atoms with Gasteiger partial charge in [-0.1, -0.05) is 0 Å². The van der Waals surface area contributed by atoms with E-state index < -0.39 is 0 Å². The number of Topliss-reactive ketones (excluding diaryl/α,β-unsaturated/α-hetero) is 1. The van der Waals surface area contributed by atoms with Crippen molar-refractivity contribution in [3.05, 3.63) is 29.3 Å². The van der Waals surface area contributed by atoms with E-state index in [1.54, 1.807) is 20.1 Å². The highest BCUT2D eigenvalue weighted by Gasteiger charge is 2.15. The molecule has 0 aromatic heterocycles. The van der Waals surface area contributed by atoms with E-state index in [2.05, 4.69) is 0 Å². The Labute approximate surface area is 107 Å². The lowest BCUT2D eigenvalue weighted by Crippen LogP contribution is -3.12. The van der Waals surface area contributed by atoms with Crippen molar-refractivity contribution in [3.8, 4) is 5.75 Å². The van der Waals surface area contributed by atoms with Gasteiger partial charge in [0.2, 0.25) is 0 Å². The molecule has 1 aromatic carbocycles. The molecule has 1 fully saturated rings. The molecule has 0 atom stereocenters. The van der Waals surface area contributed by atoms with Gasteiger partial charge < -0.3 is 14.4 Å². The number of benzene rings is 1. The predicted molar refractivity (Wildman–Crippen MR) is 68.2 cm³/mol. The van der Waals surface area contributed by atoms with E-state index in [0.717, 1.165) is 49.7 Å². The summed E-state index contributed by atoms with van der Waals surface area (Å²) >= 11 is 0. The molecule has 18 heavy (non-hydrogen) atoms. The summed E-state index contributed by atoms with van der Waals surface area (Å²) in [6, 6.07) is 5.77. The van der Waals surface area contributed by atoms with Gasteiger partial charge in [0.1, 0.15) is 25.4 Å². The summed E-state index contributed by atoms with van der Waals surface area (Å²) in [6.07, 6.45) is 0. The van der Waals surface area contributed by atoms with E-state index >= 15 is 0 Å². The maximum absolute atomic E-state index is 11.5. The highest BCUT2D eigenvalue weighted by molar-refractivity contribution is 5.94. The lowest BCUT2D eigenvalue weighted by atomic mass is 10.1. The molecule has 0 bridgehead atoms. The molecule has 0 radical (unpaired) electrons. The first kappa shape index (κ1) is 13.1. The van der Waals surface area contributed by atoms with E-state index in [1.807, 2.05) is 12.1 Å². The molecule has 2 rings (SSSR count). The van der Waals surface area contributed by atoms with Crippen molar-refractivity contribution in [1.29, 1.82) is 0 Å². The average molecular weight is 250 g/mol. The minimum absolute atomic E-state index is 0.0760. The largest absolute Gasteiger partial charge is 0.497 e. The lowest BCUT2D eigenvalue weighted by Gasteiger charge is -2.24. The SMILES string of the molecule is COc1cc(C[NH+]2CCOCC2)cc(C(C)=O)c1. The number of methoxy groups -OCH3 is 1. The number of ether oxygens (including phenoxy) is 2. The molecule has 0 spiro atoms. The van der Waals surface area contributed by atoms with Crippen LogP contribution in [-0.2, 0) is 11.3 Å². The fourth-order valence-electron chi connectivity index (χ4n) is 2.21. The number of carbonyl (C=O) groups excluding carboxylic acids is 1. The Hall–Kier alpha value is -1.39. The van der Waals surface area contributed by atoms with Crippen molar-refractivity contribution in [1.82, 2.24) is 0 Å². The summed E-state index contributed by atoms with van der Waals surface area (Å²) in [7, 11) is 1.63. The first-order valence-electron chi connectivity index (χ1n) is 6.29.